The highest BCUT2D eigenvalue weighted by Crippen LogP contribution is 2.37. The molecule has 0 saturated heterocycles. The van der Waals surface area contributed by atoms with Gasteiger partial charge in [0, 0.05) is 28.7 Å². The van der Waals surface area contributed by atoms with Crippen molar-refractivity contribution >= 4 is 50.7 Å². The summed E-state index contributed by atoms with van der Waals surface area (Å²) in [7, 11) is -0.237. The number of nitrogens with zero attached hydrogens (tertiary/aromatic N) is 2. The Balaban J connectivity index is 1.81. The van der Waals surface area contributed by atoms with Gasteiger partial charge in [0.25, 0.3) is 10.0 Å². The molecule has 0 radical (unpaired) electrons. The maximum atomic E-state index is 14.4. The quantitative estimate of drug-likeness (QED) is 0.218. The zero-order chi connectivity index (χ0) is 33.4. The van der Waals surface area contributed by atoms with Crippen molar-refractivity contribution in [1.82, 2.24) is 10.2 Å². The summed E-state index contributed by atoms with van der Waals surface area (Å²) < 4.78 is 45.9. The fourth-order valence-corrected chi connectivity index (χ4v) is 7.37. The van der Waals surface area contributed by atoms with Crippen molar-refractivity contribution in [3.63, 3.8) is 0 Å². The van der Waals surface area contributed by atoms with Crippen LogP contribution in [0.4, 0.5) is 5.69 Å². The van der Waals surface area contributed by atoms with Crippen LogP contribution in [0.15, 0.2) is 65.6 Å². The van der Waals surface area contributed by atoms with Crippen LogP contribution in [0, 0.1) is 0 Å². The van der Waals surface area contributed by atoms with E-state index >= 15 is 0 Å². The molecule has 0 aromatic heterocycles. The minimum absolute atomic E-state index is 0.0218. The standard InChI is InChI=1S/C33H39Cl2N3O7S/c1-5-27(33(40)36-24-11-7-8-12-24)37(20-22-10-6-9-13-26(22)35)32(39)21-38(28-18-23(34)14-16-29(28)43-2)46(41,42)25-15-17-30(44-3)31(19-25)45-4/h6,9-10,13-19,24,27H,5,7-8,11-12,20-21H2,1-4H3,(H,36,40)/t27-/m1/s1. The number of benzene rings is 3. The molecule has 1 atom stereocenters. The van der Waals surface area contributed by atoms with Crippen molar-refractivity contribution in [3.05, 3.63) is 76.3 Å². The van der Waals surface area contributed by atoms with Gasteiger partial charge in [0.2, 0.25) is 11.8 Å². The fraction of sp³-hybridized carbons (Fsp3) is 0.394. The van der Waals surface area contributed by atoms with Crippen molar-refractivity contribution in [2.45, 2.75) is 62.6 Å². The van der Waals surface area contributed by atoms with Crippen LogP contribution in [0.25, 0.3) is 0 Å². The predicted octanol–water partition coefficient (Wildman–Crippen LogP) is 6.08. The Hall–Kier alpha value is -3.67. The normalized spacial score (nSPS) is 14.0. The number of sulfonamides is 1. The Morgan fingerprint density at radius 1 is 0.913 bits per heavy atom. The molecule has 1 fully saturated rings. The molecule has 248 valence electrons. The van der Waals surface area contributed by atoms with Gasteiger partial charge < -0.3 is 24.4 Å². The number of hydrogen-bond acceptors (Lipinski definition) is 7. The van der Waals surface area contributed by atoms with Gasteiger partial charge in [-0.25, -0.2) is 8.42 Å². The third-order valence-corrected chi connectivity index (χ3v) is 10.4. The second-order valence-electron chi connectivity index (χ2n) is 10.9. The molecule has 1 aliphatic rings. The lowest BCUT2D eigenvalue weighted by Crippen LogP contribution is -2.53. The van der Waals surface area contributed by atoms with Crippen LogP contribution in [0.3, 0.4) is 0 Å². The summed E-state index contributed by atoms with van der Waals surface area (Å²) in [5.41, 5.74) is 0.651. The first-order valence-electron chi connectivity index (χ1n) is 15.0. The average Bonchev–Trinajstić information content (AvgIpc) is 3.56. The molecule has 46 heavy (non-hydrogen) atoms. The number of carbonyl (C=O) groups is 2. The minimum Gasteiger partial charge on any atom is -0.495 e. The Morgan fingerprint density at radius 3 is 2.20 bits per heavy atom. The van der Waals surface area contributed by atoms with E-state index in [0.29, 0.717) is 16.3 Å². The Labute approximate surface area is 280 Å². The minimum atomic E-state index is -4.46. The van der Waals surface area contributed by atoms with E-state index in [4.69, 9.17) is 37.4 Å². The molecule has 0 spiro atoms. The summed E-state index contributed by atoms with van der Waals surface area (Å²) in [4.78, 5) is 29.3. The fourth-order valence-electron chi connectivity index (χ4n) is 5.57. The molecule has 2 amide bonds. The maximum Gasteiger partial charge on any atom is 0.265 e. The third kappa shape index (κ3) is 8.00. The van der Waals surface area contributed by atoms with Crippen LogP contribution in [-0.2, 0) is 26.2 Å². The van der Waals surface area contributed by atoms with E-state index in [0.717, 1.165) is 30.0 Å². The first-order valence-corrected chi connectivity index (χ1v) is 17.1. The van der Waals surface area contributed by atoms with Gasteiger partial charge in [0.05, 0.1) is 31.9 Å². The summed E-state index contributed by atoms with van der Waals surface area (Å²) in [6.45, 7) is 1.11. The highest BCUT2D eigenvalue weighted by molar-refractivity contribution is 7.92. The summed E-state index contributed by atoms with van der Waals surface area (Å²) in [5.74, 6) is -0.244. The molecule has 3 aromatic carbocycles. The monoisotopic (exact) mass is 691 g/mol. The molecule has 4 rings (SSSR count). The maximum absolute atomic E-state index is 14.4. The summed E-state index contributed by atoms with van der Waals surface area (Å²) in [6, 6.07) is 14.8. The average molecular weight is 693 g/mol. The number of rotatable bonds is 14. The van der Waals surface area contributed by atoms with Gasteiger partial charge in [-0.15, -0.1) is 0 Å². The van der Waals surface area contributed by atoms with Gasteiger partial charge in [-0.05, 0) is 61.2 Å². The van der Waals surface area contributed by atoms with E-state index in [1.807, 2.05) is 6.92 Å². The van der Waals surface area contributed by atoms with Gasteiger partial charge in [0.15, 0.2) is 11.5 Å². The van der Waals surface area contributed by atoms with E-state index in [1.165, 1.54) is 56.6 Å². The van der Waals surface area contributed by atoms with Crippen molar-refractivity contribution in [2.24, 2.45) is 0 Å². The van der Waals surface area contributed by atoms with Crippen LogP contribution in [0.1, 0.15) is 44.6 Å². The number of halogens is 2. The molecule has 1 N–H and O–H groups in total. The molecular weight excluding hydrogens is 653 g/mol. The number of carbonyl (C=O) groups excluding carboxylic acids is 2. The molecule has 0 aliphatic heterocycles. The Morgan fingerprint density at radius 2 is 1.57 bits per heavy atom. The summed E-state index contributed by atoms with van der Waals surface area (Å²) in [5, 5.41) is 3.74. The van der Waals surface area contributed by atoms with Crippen molar-refractivity contribution in [2.75, 3.05) is 32.2 Å². The SMILES string of the molecule is CC[C@H](C(=O)NC1CCCC1)N(Cc1ccccc1Cl)C(=O)CN(c1cc(Cl)ccc1OC)S(=O)(=O)c1ccc(OC)c(OC)c1. The van der Waals surface area contributed by atoms with Crippen molar-refractivity contribution < 1.29 is 32.2 Å². The van der Waals surface area contributed by atoms with Crippen LogP contribution in [-0.4, -0.2) is 65.1 Å². The highest BCUT2D eigenvalue weighted by Gasteiger charge is 2.36. The molecule has 1 saturated carbocycles. The second-order valence-corrected chi connectivity index (χ2v) is 13.6. The molecule has 0 bridgehead atoms. The number of ether oxygens (including phenoxy) is 3. The number of amides is 2. The smallest absolute Gasteiger partial charge is 0.265 e. The second kappa shape index (κ2) is 15.8. The zero-order valence-electron chi connectivity index (χ0n) is 26.3. The number of methoxy groups -OCH3 is 3. The van der Waals surface area contributed by atoms with Gasteiger partial charge in [0.1, 0.15) is 18.3 Å². The number of hydrogen-bond donors (Lipinski definition) is 1. The Bertz CT molecular complexity index is 1650. The zero-order valence-corrected chi connectivity index (χ0v) is 28.6. The molecule has 13 heteroatoms. The Kier molecular flexibility index (Phi) is 12.0. The van der Waals surface area contributed by atoms with Gasteiger partial charge in [-0.2, -0.15) is 0 Å². The first-order chi connectivity index (χ1) is 22.0. The summed E-state index contributed by atoms with van der Waals surface area (Å²) in [6.07, 6.45) is 4.07. The largest absolute Gasteiger partial charge is 0.495 e. The molecule has 0 heterocycles. The topological polar surface area (TPSA) is 114 Å². The van der Waals surface area contributed by atoms with Gasteiger partial charge >= 0.3 is 0 Å². The van der Waals surface area contributed by atoms with E-state index in [1.54, 1.807) is 30.3 Å². The lowest BCUT2D eigenvalue weighted by molar-refractivity contribution is -0.140. The van der Waals surface area contributed by atoms with E-state index in [2.05, 4.69) is 5.32 Å². The third-order valence-electron chi connectivity index (χ3n) is 8.02. The predicted molar refractivity (Wildman–Crippen MR) is 179 cm³/mol. The van der Waals surface area contributed by atoms with Crippen LogP contribution < -0.4 is 23.8 Å². The lowest BCUT2D eigenvalue weighted by Gasteiger charge is -2.34. The lowest BCUT2D eigenvalue weighted by atomic mass is 10.1. The molecular formula is C33H39Cl2N3O7S. The number of nitrogens with one attached hydrogen (secondary N) is 1. The van der Waals surface area contributed by atoms with Crippen molar-refractivity contribution in [3.8, 4) is 17.2 Å². The van der Waals surface area contributed by atoms with Gasteiger partial charge in [-0.3, -0.25) is 13.9 Å². The molecule has 10 nitrogen and oxygen atoms in total. The van der Waals surface area contributed by atoms with Crippen LogP contribution >= 0.6 is 23.2 Å². The molecule has 1 aliphatic carbocycles. The van der Waals surface area contributed by atoms with Crippen molar-refractivity contribution in [1.29, 1.82) is 0 Å². The van der Waals surface area contributed by atoms with Gasteiger partial charge in [-0.1, -0.05) is 61.2 Å². The highest BCUT2D eigenvalue weighted by atomic mass is 35.5. The number of anilines is 1. The van der Waals surface area contributed by atoms with E-state index in [-0.39, 0.29) is 52.0 Å². The molecule has 3 aromatic rings. The van der Waals surface area contributed by atoms with E-state index in [9.17, 15) is 18.0 Å². The summed E-state index contributed by atoms with van der Waals surface area (Å²) >= 11 is 12.8. The van der Waals surface area contributed by atoms with Crippen LogP contribution in [0.5, 0.6) is 17.2 Å². The molecule has 0 unspecified atom stereocenters. The van der Waals surface area contributed by atoms with E-state index < -0.39 is 28.5 Å². The van der Waals surface area contributed by atoms with Crippen LogP contribution in [0.2, 0.25) is 10.0 Å². The first kappa shape index (κ1) is 35.2.